The van der Waals surface area contributed by atoms with Gasteiger partial charge in [-0.3, -0.25) is 9.59 Å². The van der Waals surface area contributed by atoms with Gasteiger partial charge in [0, 0.05) is 13.1 Å². The van der Waals surface area contributed by atoms with Crippen molar-refractivity contribution < 1.29 is 24.2 Å². The monoisotopic (exact) mass is 295 g/mol. The maximum absolute atomic E-state index is 13.2. The number of amides is 1. The van der Waals surface area contributed by atoms with Crippen LogP contribution in [-0.4, -0.2) is 40.1 Å². The van der Waals surface area contributed by atoms with Crippen LogP contribution >= 0.6 is 0 Å². The molecule has 1 aromatic carbocycles. The number of carbonyl (C=O) groups excluding carboxylic acids is 1. The Hall–Kier alpha value is -2.11. The molecule has 1 atom stereocenters. The molecule has 1 fully saturated rings. The molecule has 0 spiro atoms. The summed E-state index contributed by atoms with van der Waals surface area (Å²) in [5, 5.41) is 19.1. The van der Waals surface area contributed by atoms with Crippen LogP contribution in [0.25, 0.3) is 0 Å². The van der Waals surface area contributed by atoms with Gasteiger partial charge < -0.3 is 15.1 Å². The van der Waals surface area contributed by atoms with E-state index in [0.29, 0.717) is 6.42 Å². The van der Waals surface area contributed by atoms with Gasteiger partial charge in [-0.1, -0.05) is 13.8 Å². The van der Waals surface area contributed by atoms with E-state index in [-0.39, 0.29) is 30.3 Å². The van der Waals surface area contributed by atoms with E-state index in [2.05, 4.69) is 0 Å². The first kappa shape index (κ1) is 15.3. The molecule has 5 nitrogen and oxygen atoms in total. The number of halogens is 1. The maximum Gasteiger partial charge on any atom is 0.311 e. The fourth-order valence-electron chi connectivity index (χ4n) is 2.75. The molecule has 1 aliphatic heterocycles. The van der Waals surface area contributed by atoms with Crippen LogP contribution < -0.4 is 0 Å². The van der Waals surface area contributed by atoms with E-state index in [1.807, 2.05) is 13.8 Å². The Morgan fingerprint density at radius 1 is 1.38 bits per heavy atom. The Morgan fingerprint density at radius 3 is 2.57 bits per heavy atom. The second kappa shape index (κ2) is 5.35. The van der Waals surface area contributed by atoms with Crippen LogP contribution in [0.1, 0.15) is 30.6 Å². The van der Waals surface area contributed by atoms with Gasteiger partial charge in [-0.05, 0) is 30.5 Å². The number of carboxylic acids is 1. The third-order valence-corrected chi connectivity index (χ3v) is 4.31. The summed E-state index contributed by atoms with van der Waals surface area (Å²) in [6, 6.07) is 3.14. The van der Waals surface area contributed by atoms with Crippen molar-refractivity contribution in [2.45, 2.75) is 20.3 Å². The van der Waals surface area contributed by atoms with Gasteiger partial charge in [0.1, 0.15) is 11.6 Å². The summed E-state index contributed by atoms with van der Waals surface area (Å²) in [7, 11) is 0. The summed E-state index contributed by atoms with van der Waals surface area (Å²) in [4.78, 5) is 25.3. The highest BCUT2D eigenvalue weighted by molar-refractivity contribution is 5.97. The Labute approximate surface area is 122 Å². The molecule has 1 amide bonds. The summed E-state index contributed by atoms with van der Waals surface area (Å²) in [5.74, 6) is -2.54. The third kappa shape index (κ3) is 2.57. The fourth-order valence-corrected chi connectivity index (χ4v) is 2.75. The lowest BCUT2D eigenvalue weighted by atomic mass is 9.76. The molecule has 1 unspecified atom stereocenters. The van der Waals surface area contributed by atoms with Crippen molar-refractivity contribution in [3.8, 4) is 5.75 Å². The molecule has 2 rings (SSSR count). The van der Waals surface area contributed by atoms with Crippen LogP contribution in [0.3, 0.4) is 0 Å². The number of carboxylic acid groups (broad SMARTS) is 1. The summed E-state index contributed by atoms with van der Waals surface area (Å²) in [6.07, 6.45) is 0.349. The third-order valence-electron chi connectivity index (χ3n) is 4.31. The van der Waals surface area contributed by atoms with Crippen molar-refractivity contribution in [2.24, 2.45) is 11.3 Å². The minimum absolute atomic E-state index is 0.0643. The lowest BCUT2D eigenvalue weighted by Crippen LogP contribution is -2.40. The highest BCUT2D eigenvalue weighted by Crippen LogP contribution is 2.39. The number of benzene rings is 1. The number of phenolic OH excluding ortho intramolecular Hbond substituents is 1. The van der Waals surface area contributed by atoms with Crippen molar-refractivity contribution in [1.82, 2.24) is 4.90 Å². The van der Waals surface area contributed by atoms with E-state index < -0.39 is 23.1 Å². The molecular weight excluding hydrogens is 277 g/mol. The number of phenols is 1. The summed E-state index contributed by atoms with van der Waals surface area (Å²) < 4.78 is 13.2. The van der Waals surface area contributed by atoms with E-state index in [1.165, 1.54) is 4.90 Å². The Balaban J connectivity index is 2.27. The number of hydrogen-bond donors (Lipinski definition) is 2. The standard InChI is InChI=1S/C15H18FNO4/c1-9(2)15(14(20)21)5-6-17(8-15)13(19)11-7-10(16)3-4-12(11)18/h3-4,7,9,18H,5-6,8H2,1-2H3,(H,20,21). The molecule has 1 heterocycles. The smallest absolute Gasteiger partial charge is 0.311 e. The first-order valence-electron chi connectivity index (χ1n) is 6.79. The predicted molar refractivity (Wildman–Crippen MR) is 73.5 cm³/mol. The van der Waals surface area contributed by atoms with Crippen LogP contribution in [0, 0.1) is 17.2 Å². The lowest BCUT2D eigenvalue weighted by Gasteiger charge is -2.28. The predicted octanol–water partition coefficient (Wildman–Crippen LogP) is 2.10. The number of aliphatic carboxylic acids is 1. The van der Waals surface area contributed by atoms with Gasteiger partial charge in [-0.15, -0.1) is 0 Å². The zero-order valence-electron chi connectivity index (χ0n) is 12.0. The van der Waals surface area contributed by atoms with Crippen LogP contribution in [0.4, 0.5) is 4.39 Å². The summed E-state index contributed by atoms with van der Waals surface area (Å²) in [6.45, 7) is 3.96. The molecule has 1 aromatic rings. The van der Waals surface area contributed by atoms with Crippen LogP contribution in [0.15, 0.2) is 18.2 Å². The van der Waals surface area contributed by atoms with E-state index in [9.17, 15) is 24.2 Å². The van der Waals surface area contributed by atoms with Crippen molar-refractivity contribution >= 4 is 11.9 Å². The molecule has 1 aliphatic rings. The molecule has 0 radical (unpaired) electrons. The van der Waals surface area contributed by atoms with Crippen LogP contribution in [0.5, 0.6) is 5.75 Å². The Bertz CT molecular complexity index is 587. The van der Waals surface area contributed by atoms with E-state index in [0.717, 1.165) is 18.2 Å². The molecule has 0 saturated carbocycles. The number of carbonyl (C=O) groups is 2. The largest absolute Gasteiger partial charge is 0.507 e. The second-order valence-electron chi connectivity index (χ2n) is 5.75. The van der Waals surface area contributed by atoms with Gasteiger partial charge in [-0.2, -0.15) is 0 Å². The molecule has 0 bridgehead atoms. The molecule has 0 aliphatic carbocycles. The van der Waals surface area contributed by atoms with Gasteiger partial charge in [0.25, 0.3) is 5.91 Å². The maximum atomic E-state index is 13.2. The van der Waals surface area contributed by atoms with E-state index >= 15 is 0 Å². The SMILES string of the molecule is CC(C)C1(C(=O)O)CCN(C(=O)c2cc(F)ccc2O)C1. The van der Waals surface area contributed by atoms with Gasteiger partial charge in [0.05, 0.1) is 11.0 Å². The molecule has 114 valence electrons. The normalized spacial score (nSPS) is 21.8. The number of likely N-dealkylation sites (tertiary alicyclic amines) is 1. The van der Waals surface area contributed by atoms with Gasteiger partial charge >= 0.3 is 5.97 Å². The van der Waals surface area contributed by atoms with Crippen LogP contribution in [-0.2, 0) is 4.79 Å². The number of hydrogen-bond acceptors (Lipinski definition) is 3. The zero-order chi connectivity index (χ0) is 15.8. The molecule has 0 aromatic heterocycles. The molecular formula is C15H18FNO4. The molecule has 21 heavy (non-hydrogen) atoms. The summed E-state index contributed by atoms with van der Waals surface area (Å²) >= 11 is 0. The molecule has 2 N–H and O–H groups in total. The number of nitrogens with zero attached hydrogens (tertiary/aromatic N) is 1. The first-order chi connectivity index (χ1) is 9.78. The van der Waals surface area contributed by atoms with Crippen molar-refractivity contribution in [1.29, 1.82) is 0 Å². The van der Waals surface area contributed by atoms with E-state index in [4.69, 9.17) is 0 Å². The first-order valence-corrected chi connectivity index (χ1v) is 6.79. The van der Waals surface area contributed by atoms with Crippen molar-refractivity contribution in [3.63, 3.8) is 0 Å². The van der Waals surface area contributed by atoms with Crippen molar-refractivity contribution in [2.75, 3.05) is 13.1 Å². The van der Waals surface area contributed by atoms with Gasteiger partial charge in [0.15, 0.2) is 0 Å². The van der Waals surface area contributed by atoms with Gasteiger partial charge in [-0.25, -0.2) is 4.39 Å². The Morgan fingerprint density at radius 2 is 2.05 bits per heavy atom. The molecule has 1 saturated heterocycles. The van der Waals surface area contributed by atoms with Gasteiger partial charge in [0.2, 0.25) is 0 Å². The highest BCUT2D eigenvalue weighted by Gasteiger charge is 2.48. The summed E-state index contributed by atoms with van der Waals surface area (Å²) in [5.41, 5.74) is -1.13. The number of rotatable bonds is 3. The quantitative estimate of drug-likeness (QED) is 0.895. The van der Waals surface area contributed by atoms with Crippen molar-refractivity contribution in [3.05, 3.63) is 29.6 Å². The highest BCUT2D eigenvalue weighted by atomic mass is 19.1. The average Bonchev–Trinajstić information content (AvgIpc) is 2.87. The second-order valence-corrected chi connectivity index (χ2v) is 5.75. The number of aromatic hydroxyl groups is 1. The average molecular weight is 295 g/mol. The topological polar surface area (TPSA) is 77.8 Å². The fraction of sp³-hybridized carbons (Fsp3) is 0.467. The van der Waals surface area contributed by atoms with Crippen LogP contribution in [0.2, 0.25) is 0 Å². The molecule has 6 heteroatoms. The lowest BCUT2D eigenvalue weighted by molar-refractivity contribution is -0.150. The Kier molecular flexibility index (Phi) is 3.89. The minimum atomic E-state index is -0.987. The zero-order valence-corrected chi connectivity index (χ0v) is 12.0. The van der Waals surface area contributed by atoms with E-state index in [1.54, 1.807) is 0 Å². The minimum Gasteiger partial charge on any atom is -0.507 e.